The Hall–Kier alpha value is -6.48. The number of hydrogen-bond acceptors (Lipinski definition) is 6. The Morgan fingerprint density at radius 2 is 0.667 bits per heavy atom. The second kappa shape index (κ2) is 10.7. The van der Waals surface area contributed by atoms with E-state index in [-0.39, 0.29) is 16.7 Å². The third-order valence-electron chi connectivity index (χ3n) is 7.66. The van der Waals surface area contributed by atoms with Crippen LogP contribution in [-0.2, 0) is 0 Å². The van der Waals surface area contributed by atoms with Crippen LogP contribution >= 0.6 is 0 Å². The minimum atomic E-state index is -1.11. The van der Waals surface area contributed by atoms with Crippen LogP contribution in [0.1, 0.15) is 31.1 Å². The SMILES string of the molecule is O=C(O)c1cc(-c2cc(-c3cc(C(=O)O)c4ccccc4n3)cc(-c3cc(C(=O)O)c4ccccc4n3)c2)nc2ccccc12. The van der Waals surface area contributed by atoms with Gasteiger partial charge in [0.1, 0.15) is 0 Å². The molecule has 0 saturated heterocycles. The van der Waals surface area contributed by atoms with E-state index in [1.165, 1.54) is 18.2 Å². The number of carboxylic acids is 3. The minimum Gasteiger partial charge on any atom is -0.478 e. The van der Waals surface area contributed by atoms with Crippen LogP contribution in [0.5, 0.6) is 0 Å². The molecule has 3 N–H and O–H groups in total. The lowest BCUT2D eigenvalue weighted by molar-refractivity contribution is 0.0688. The molecule has 9 heteroatoms. The van der Waals surface area contributed by atoms with Crippen molar-refractivity contribution in [3.8, 4) is 33.8 Å². The Labute approximate surface area is 254 Å². The summed E-state index contributed by atoms with van der Waals surface area (Å²) in [6, 6.07) is 30.5. The van der Waals surface area contributed by atoms with Gasteiger partial charge in [0.25, 0.3) is 0 Å². The molecular formula is C36H21N3O6. The average molecular weight is 592 g/mol. The van der Waals surface area contributed by atoms with Gasteiger partial charge in [-0.25, -0.2) is 29.3 Å². The van der Waals surface area contributed by atoms with Crippen LogP contribution in [0, 0.1) is 0 Å². The molecule has 0 radical (unpaired) electrons. The first-order valence-corrected chi connectivity index (χ1v) is 13.8. The zero-order valence-electron chi connectivity index (χ0n) is 23.3. The quantitative estimate of drug-likeness (QED) is 0.179. The normalized spacial score (nSPS) is 11.2. The lowest BCUT2D eigenvalue weighted by Gasteiger charge is -2.14. The fourth-order valence-corrected chi connectivity index (χ4v) is 5.57. The Morgan fingerprint density at radius 3 is 0.933 bits per heavy atom. The lowest BCUT2D eigenvalue weighted by atomic mass is 9.95. The fraction of sp³-hybridized carbons (Fsp3) is 0. The van der Waals surface area contributed by atoms with Crippen LogP contribution in [0.2, 0.25) is 0 Å². The molecule has 0 atom stereocenters. The van der Waals surface area contributed by atoms with E-state index in [4.69, 9.17) is 15.0 Å². The van der Waals surface area contributed by atoms with E-state index in [1.54, 1.807) is 91.0 Å². The molecule has 216 valence electrons. The number of carboxylic acid groups (broad SMARTS) is 3. The van der Waals surface area contributed by atoms with Crippen molar-refractivity contribution in [1.29, 1.82) is 0 Å². The lowest BCUT2D eigenvalue weighted by Crippen LogP contribution is -2.02. The van der Waals surface area contributed by atoms with Crippen LogP contribution in [0.25, 0.3) is 66.5 Å². The molecule has 0 saturated carbocycles. The zero-order valence-corrected chi connectivity index (χ0v) is 23.3. The van der Waals surface area contributed by atoms with Crippen molar-refractivity contribution in [3.63, 3.8) is 0 Å². The highest BCUT2D eigenvalue weighted by Crippen LogP contribution is 2.35. The monoisotopic (exact) mass is 591 g/mol. The van der Waals surface area contributed by atoms with Crippen molar-refractivity contribution < 1.29 is 29.7 Å². The molecule has 0 aliphatic carbocycles. The smallest absolute Gasteiger partial charge is 0.336 e. The second-order valence-corrected chi connectivity index (χ2v) is 10.4. The molecule has 0 spiro atoms. The van der Waals surface area contributed by atoms with Crippen molar-refractivity contribution in [1.82, 2.24) is 15.0 Å². The molecule has 7 aromatic rings. The van der Waals surface area contributed by atoms with Crippen LogP contribution in [0.4, 0.5) is 0 Å². The number of carbonyl (C=O) groups is 3. The van der Waals surface area contributed by atoms with E-state index < -0.39 is 17.9 Å². The van der Waals surface area contributed by atoms with Gasteiger partial charge in [0, 0.05) is 32.8 Å². The number of aromatic carboxylic acids is 3. The number of aromatic nitrogens is 3. The molecule has 3 aromatic heterocycles. The van der Waals surface area contributed by atoms with Gasteiger partial charge in [-0.3, -0.25) is 0 Å². The van der Waals surface area contributed by atoms with Gasteiger partial charge in [0.15, 0.2) is 0 Å². The molecule has 9 nitrogen and oxygen atoms in total. The first kappa shape index (κ1) is 27.4. The van der Waals surface area contributed by atoms with Gasteiger partial charge < -0.3 is 15.3 Å². The van der Waals surface area contributed by atoms with Gasteiger partial charge in [-0.2, -0.15) is 0 Å². The maximum Gasteiger partial charge on any atom is 0.336 e. The molecule has 0 fully saturated rings. The summed E-state index contributed by atoms with van der Waals surface area (Å²) in [5.74, 6) is -3.34. The van der Waals surface area contributed by atoms with Crippen molar-refractivity contribution in [2.45, 2.75) is 0 Å². The highest BCUT2D eigenvalue weighted by molar-refractivity contribution is 6.06. The largest absolute Gasteiger partial charge is 0.478 e. The van der Waals surface area contributed by atoms with Crippen molar-refractivity contribution in [2.75, 3.05) is 0 Å². The summed E-state index contributed by atoms with van der Waals surface area (Å²) in [7, 11) is 0. The Bertz CT molecular complexity index is 2110. The van der Waals surface area contributed by atoms with Gasteiger partial charge in [0.2, 0.25) is 0 Å². The Morgan fingerprint density at radius 1 is 0.400 bits per heavy atom. The minimum absolute atomic E-state index is 0.0662. The number of para-hydroxylation sites is 3. The number of benzene rings is 4. The molecule has 0 unspecified atom stereocenters. The maximum absolute atomic E-state index is 12.3. The fourth-order valence-electron chi connectivity index (χ4n) is 5.57. The summed E-state index contributed by atoms with van der Waals surface area (Å²) in [5.41, 5.74) is 4.23. The van der Waals surface area contributed by atoms with Crippen molar-refractivity contribution in [3.05, 3.63) is 126 Å². The predicted octanol–water partition coefficient (Wildman–Crippen LogP) is 7.43. The predicted molar refractivity (Wildman–Crippen MR) is 170 cm³/mol. The summed E-state index contributed by atoms with van der Waals surface area (Å²) < 4.78 is 0. The maximum atomic E-state index is 12.3. The summed E-state index contributed by atoms with van der Waals surface area (Å²) >= 11 is 0. The highest BCUT2D eigenvalue weighted by Gasteiger charge is 2.19. The topological polar surface area (TPSA) is 151 Å². The summed E-state index contributed by atoms with van der Waals surface area (Å²) in [6.45, 7) is 0. The van der Waals surface area contributed by atoms with Gasteiger partial charge in [-0.05, 0) is 54.6 Å². The third-order valence-corrected chi connectivity index (χ3v) is 7.66. The Balaban J connectivity index is 1.54. The van der Waals surface area contributed by atoms with Crippen LogP contribution in [-0.4, -0.2) is 48.2 Å². The van der Waals surface area contributed by atoms with Crippen LogP contribution in [0.15, 0.2) is 109 Å². The molecule has 7 rings (SSSR count). The van der Waals surface area contributed by atoms with E-state index in [0.717, 1.165) is 0 Å². The molecule has 0 bridgehead atoms. The molecule has 45 heavy (non-hydrogen) atoms. The number of fused-ring (bicyclic) bond motifs is 3. The van der Waals surface area contributed by atoms with E-state index >= 15 is 0 Å². The number of pyridine rings is 3. The first-order valence-electron chi connectivity index (χ1n) is 13.8. The van der Waals surface area contributed by atoms with Crippen molar-refractivity contribution in [2.24, 2.45) is 0 Å². The zero-order chi connectivity index (χ0) is 31.2. The van der Waals surface area contributed by atoms with Crippen molar-refractivity contribution >= 4 is 50.6 Å². The third kappa shape index (κ3) is 4.88. The van der Waals surface area contributed by atoms with Crippen LogP contribution < -0.4 is 0 Å². The summed E-state index contributed by atoms with van der Waals surface area (Å²) in [4.78, 5) is 51.1. The first-order chi connectivity index (χ1) is 21.8. The average Bonchev–Trinajstić information content (AvgIpc) is 3.06. The van der Waals surface area contributed by atoms with E-state index in [0.29, 0.717) is 66.5 Å². The molecule has 0 amide bonds. The van der Waals surface area contributed by atoms with Crippen LogP contribution in [0.3, 0.4) is 0 Å². The van der Waals surface area contributed by atoms with Gasteiger partial charge in [-0.1, -0.05) is 54.6 Å². The van der Waals surface area contributed by atoms with Gasteiger partial charge in [-0.15, -0.1) is 0 Å². The number of hydrogen-bond donors (Lipinski definition) is 3. The highest BCUT2D eigenvalue weighted by atomic mass is 16.4. The second-order valence-electron chi connectivity index (χ2n) is 10.4. The summed E-state index contributed by atoms with van der Waals surface area (Å²) in [5, 5.41) is 31.5. The van der Waals surface area contributed by atoms with E-state index in [9.17, 15) is 29.7 Å². The molecule has 0 aliphatic rings. The van der Waals surface area contributed by atoms with Gasteiger partial charge in [0.05, 0.1) is 50.3 Å². The molecule has 0 aliphatic heterocycles. The molecule has 3 heterocycles. The van der Waals surface area contributed by atoms with E-state index in [1.807, 2.05) is 0 Å². The van der Waals surface area contributed by atoms with Gasteiger partial charge >= 0.3 is 17.9 Å². The molecule has 4 aromatic carbocycles. The molecular weight excluding hydrogens is 570 g/mol. The standard InChI is InChI=1S/C36H21N3O6/c40-34(41)25-16-31(37-28-10-4-1-7-22(25)28)19-13-20(32-17-26(35(42)43)23-8-2-5-11-29(23)38-32)15-21(14-19)33-18-27(36(44)45)24-9-3-6-12-30(24)39-33/h1-18H,(H,40,41)(H,42,43)(H,44,45). The number of nitrogens with zero attached hydrogens (tertiary/aromatic N) is 3. The number of rotatable bonds is 6. The summed E-state index contributed by atoms with van der Waals surface area (Å²) in [6.07, 6.45) is 0. The Kier molecular flexibility index (Phi) is 6.48. The van der Waals surface area contributed by atoms with E-state index in [2.05, 4.69) is 0 Å².